The molecule has 0 aliphatic rings. The Bertz CT molecular complexity index is 4.85. The second-order valence-electron chi connectivity index (χ2n) is 0.0680. The fourth-order valence-corrected chi connectivity index (χ4v) is 0. The van der Waals surface area contributed by atoms with Crippen LogP contribution in [0.4, 0.5) is 0 Å². The Morgan fingerprint density at radius 2 is 1.00 bits per heavy atom. The molecule has 5 heteroatoms. The summed E-state index contributed by atoms with van der Waals surface area (Å²) in [4.78, 5) is 0. The molecule has 0 spiro atoms. The van der Waals surface area contributed by atoms with Gasteiger partial charge in [0.25, 0.3) is 0 Å². The third-order valence-electron chi connectivity index (χ3n) is 0. The molecule has 0 aromatic heterocycles. The normalized spacial score (nSPS) is 3.60. The fourth-order valence-electron chi connectivity index (χ4n) is 0. The molecule has 0 aromatic carbocycles. The quantitative estimate of drug-likeness (QED) is 0.184. The summed E-state index contributed by atoms with van der Waals surface area (Å²) in [5.74, 6) is 0. The molecule has 0 amide bonds. The summed E-state index contributed by atoms with van der Waals surface area (Å²) in [7, 11) is 0. The molecule has 0 radical (unpaired) electrons. The smallest absolute Gasteiger partial charge is 0.734 e. The van der Waals surface area contributed by atoms with Gasteiger partial charge in [-0.25, -0.2) is 0 Å². The summed E-state index contributed by atoms with van der Waals surface area (Å²) in [6.45, 7) is 0. The van der Waals surface area contributed by atoms with Crippen LogP contribution < -0.4 is 113 Å². The molecule has 0 aliphatic heterocycles. The van der Waals surface area contributed by atoms with Crippen molar-refractivity contribution in [3.05, 3.63) is 0 Å². The van der Waals surface area contributed by atoms with Crippen LogP contribution in [0.3, 0.4) is 0 Å². The molecule has 0 fully saturated rings. The molecular weight excluding hydrogens is 126 g/mol. The van der Waals surface area contributed by atoms with E-state index >= 15 is 0 Å². The largest absolute Gasteiger partial charge is 1.00 e. The molecule has 5 heavy (non-hydrogen) atoms. The Labute approximate surface area is 115 Å². The molecule has 20 valence electrons. The first kappa shape index (κ1) is 15.7. The zero-order valence-corrected chi connectivity index (χ0v) is 9.47. The summed E-state index contributed by atoms with van der Waals surface area (Å²) in [6.07, 6.45) is 0. The van der Waals surface area contributed by atoms with Gasteiger partial charge in [-0.05, 0) is 0 Å². The molecule has 0 unspecified atom stereocenters. The van der Waals surface area contributed by atoms with E-state index in [0.29, 0.717) is 0 Å². The third-order valence-corrected chi connectivity index (χ3v) is 0. The van der Waals surface area contributed by atoms with Crippen molar-refractivity contribution in [3.8, 4) is 0 Å². The summed E-state index contributed by atoms with van der Waals surface area (Å²) >= 11 is 0. The Morgan fingerprint density at radius 3 is 1.00 bits per heavy atom. The van der Waals surface area contributed by atoms with Crippen LogP contribution in [0.2, 0.25) is 0 Å². The van der Waals surface area contributed by atoms with Gasteiger partial charge in [0.15, 0.2) is 0 Å². The van der Waals surface area contributed by atoms with Crippen LogP contribution in [0.15, 0.2) is 0 Å². The molecule has 0 N–H and O–H groups in total. The second kappa shape index (κ2) is 15.7. The van der Waals surface area contributed by atoms with E-state index in [2.05, 4.69) is 0 Å². The zero-order chi connectivity index (χ0) is 2.71. The standard InChI is InChI=1S/2K.H2O3/c;;1-3-2/h;;1-2H/q2*+1;/p-2. The van der Waals surface area contributed by atoms with E-state index in [0.717, 1.165) is 0 Å². The van der Waals surface area contributed by atoms with Gasteiger partial charge in [0, 0.05) is 0 Å². The van der Waals surface area contributed by atoms with Crippen molar-refractivity contribution >= 4 is 0 Å². The predicted molar refractivity (Wildman–Crippen MR) is 1.08 cm³/mol. The van der Waals surface area contributed by atoms with Crippen molar-refractivity contribution < 1.29 is 118 Å². The molecular formula is K2O3. The van der Waals surface area contributed by atoms with Crippen molar-refractivity contribution in [2.75, 3.05) is 0 Å². The molecule has 0 aromatic rings. The first-order chi connectivity index (χ1) is 1.41. The number of hydrogen-bond donors (Lipinski definition) is 0. The second-order valence-corrected chi connectivity index (χ2v) is 0.0680. The van der Waals surface area contributed by atoms with Gasteiger partial charge in [0.2, 0.25) is 0 Å². The van der Waals surface area contributed by atoms with Gasteiger partial charge in [-0.15, -0.1) is 0 Å². The zero-order valence-electron chi connectivity index (χ0n) is 3.22. The minimum Gasteiger partial charge on any atom is -0.734 e. The Morgan fingerprint density at radius 1 is 1.00 bits per heavy atom. The van der Waals surface area contributed by atoms with Crippen LogP contribution in [0.25, 0.3) is 0 Å². The third kappa shape index (κ3) is 19.1. The fraction of sp³-hybridized carbons (Fsp3) is 0. The van der Waals surface area contributed by atoms with Crippen LogP contribution in [0.5, 0.6) is 0 Å². The first-order valence-electron chi connectivity index (χ1n) is 0.333. The van der Waals surface area contributed by atoms with Gasteiger partial charge < -0.3 is 15.6 Å². The maximum Gasteiger partial charge on any atom is 1.00 e. The van der Waals surface area contributed by atoms with Crippen molar-refractivity contribution in [2.24, 2.45) is 0 Å². The molecule has 0 saturated heterocycles. The minimum absolute atomic E-state index is 0. The molecule has 0 heterocycles. The Kier molecular flexibility index (Phi) is 49.3. The van der Waals surface area contributed by atoms with Crippen LogP contribution in [0.1, 0.15) is 0 Å². The molecule has 0 bridgehead atoms. The van der Waals surface area contributed by atoms with E-state index in [9.17, 15) is 0 Å². The number of rotatable bonds is 0. The summed E-state index contributed by atoms with van der Waals surface area (Å²) in [6, 6.07) is 0. The van der Waals surface area contributed by atoms with E-state index in [1.807, 2.05) is 0 Å². The van der Waals surface area contributed by atoms with Gasteiger partial charge in [-0.1, -0.05) is 0 Å². The topological polar surface area (TPSA) is 55.3 Å². The van der Waals surface area contributed by atoms with Gasteiger partial charge >= 0.3 is 103 Å². The van der Waals surface area contributed by atoms with Crippen LogP contribution in [-0.2, 0) is 5.04 Å². The van der Waals surface area contributed by atoms with E-state index in [-0.39, 0.29) is 103 Å². The maximum absolute atomic E-state index is 7.88. The van der Waals surface area contributed by atoms with Gasteiger partial charge in [0.1, 0.15) is 0 Å². The van der Waals surface area contributed by atoms with E-state index < -0.39 is 0 Å². The van der Waals surface area contributed by atoms with Crippen molar-refractivity contribution in [2.45, 2.75) is 0 Å². The van der Waals surface area contributed by atoms with Crippen molar-refractivity contribution in [3.63, 3.8) is 0 Å². The summed E-state index contributed by atoms with van der Waals surface area (Å²) < 4.78 is 0. The molecule has 0 aliphatic carbocycles. The van der Waals surface area contributed by atoms with E-state index in [4.69, 9.17) is 10.5 Å². The monoisotopic (exact) mass is 126 g/mol. The van der Waals surface area contributed by atoms with Crippen molar-refractivity contribution in [1.29, 1.82) is 0 Å². The Hall–Kier alpha value is 3.15. The van der Waals surface area contributed by atoms with Gasteiger partial charge in [-0.3, -0.25) is 0 Å². The molecule has 0 saturated carbocycles. The number of hydrogen-bond acceptors (Lipinski definition) is 3. The summed E-state index contributed by atoms with van der Waals surface area (Å²) in [5.41, 5.74) is 0. The van der Waals surface area contributed by atoms with Crippen LogP contribution in [-0.4, -0.2) is 0 Å². The van der Waals surface area contributed by atoms with Crippen LogP contribution >= 0.6 is 0 Å². The van der Waals surface area contributed by atoms with Crippen molar-refractivity contribution in [1.82, 2.24) is 0 Å². The SMILES string of the molecule is [K+].[K+].[O-]O[O-]. The maximum atomic E-state index is 7.88. The predicted octanol–water partition coefficient (Wildman–Crippen LogP) is -8.44. The summed E-state index contributed by atoms with van der Waals surface area (Å²) in [5, 5.41) is 17.5. The van der Waals surface area contributed by atoms with Gasteiger partial charge in [-0.2, -0.15) is 0 Å². The van der Waals surface area contributed by atoms with E-state index in [1.165, 1.54) is 0 Å². The average Bonchev–Trinajstić information content (AvgIpc) is 0.918. The van der Waals surface area contributed by atoms with Gasteiger partial charge in [0.05, 0.1) is 0 Å². The minimum atomic E-state index is 0. The first-order valence-corrected chi connectivity index (χ1v) is 0.333. The molecule has 3 nitrogen and oxygen atoms in total. The van der Waals surface area contributed by atoms with Crippen LogP contribution in [0, 0.1) is 0 Å². The molecule has 0 rings (SSSR count). The van der Waals surface area contributed by atoms with E-state index in [1.54, 1.807) is 5.04 Å². The Balaban J connectivity index is -0.0000000200. The molecule has 0 atom stereocenters. The average molecular weight is 126 g/mol.